The highest BCUT2D eigenvalue weighted by molar-refractivity contribution is 6.09. The first kappa shape index (κ1) is 22.9. The summed E-state index contributed by atoms with van der Waals surface area (Å²) in [5.41, 5.74) is 1.87. The summed E-state index contributed by atoms with van der Waals surface area (Å²) < 4.78 is 11.0. The Bertz CT molecular complexity index is 1060. The first-order valence-electron chi connectivity index (χ1n) is 11.7. The van der Waals surface area contributed by atoms with Crippen molar-refractivity contribution in [3.05, 3.63) is 66.2 Å². The molecule has 0 aromatic heterocycles. The number of ether oxygens (including phenoxy) is 2. The van der Waals surface area contributed by atoms with Crippen molar-refractivity contribution in [2.24, 2.45) is 0 Å². The van der Waals surface area contributed by atoms with Crippen LogP contribution in [0.1, 0.15) is 23.7 Å². The van der Waals surface area contributed by atoms with Crippen LogP contribution >= 0.6 is 0 Å². The van der Waals surface area contributed by atoms with Crippen LogP contribution in [0.2, 0.25) is 0 Å². The quantitative estimate of drug-likeness (QED) is 0.499. The van der Waals surface area contributed by atoms with Crippen LogP contribution in [-0.2, 0) is 0 Å². The Kier molecular flexibility index (Phi) is 7.68. The van der Waals surface area contributed by atoms with Crippen LogP contribution in [0.3, 0.4) is 0 Å². The molecule has 6 nitrogen and oxygen atoms in total. The molecule has 1 aliphatic rings. The minimum Gasteiger partial charge on any atom is -0.497 e. The smallest absolute Gasteiger partial charge is 0.255 e. The molecule has 1 aliphatic heterocycles. The van der Waals surface area contributed by atoms with Crippen molar-refractivity contribution in [1.29, 1.82) is 0 Å². The molecule has 0 atom stereocenters. The molecule has 174 valence electrons. The van der Waals surface area contributed by atoms with Gasteiger partial charge in [-0.25, -0.2) is 0 Å². The summed E-state index contributed by atoms with van der Waals surface area (Å²) >= 11 is 0. The van der Waals surface area contributed by atoms with Gasteiger partial charge in [0.15, 0.2) is 0 Å². The number of nitrogens with one attached hydrogen (secondary N) is 1. The highest BCUT2D eigenvalue weighted by Gasteiger charge is 2.18. The lowest BCUT2D eigenvalue weighted by atomic mass is 10.0. The van der Waals surface area contributed by atoms with Crippen LogP contribution in [0.25, 0.3) is 10.8 Å². The van der Waals surface area contributed by atoms with Gasteiger partial charge in [0.05, 0.1) is 19.3 Å². The Morgan fingerprint density at radius 3 is 2.45 bits per heavy atom. The molecule has 33 heavy (non-hydrogen) atoms. The number of anilines is 1. The molecule has 0 bridgehead atoms. The van der Waals surface area contributed by atoms with E-state index in [0.29, 0.717) is 24.5 Å². The van der Waals surface area contributed by atoms with Crippen molar-refractivity contribution in [3.63, 3.8) is 0 Å². The van der Waals surface area contributed by atoms with E-state index in [1.54, 1.807) is 7.11 Å². The molecular weight excluding hydrogens is 414 g/mol. The SMILES string of the molecule is CCOc1ccc2ccccc2c1C(=O)NCCCN1CCN(c2ccc(OC)cc2)CC1. The zero-order chi connectivity index (χ0) is 23.0. The molecule has 1 N–H and O–H groups in total. The summed E-state index contributed by atoms with van der Waals surface area (Å²) in [6.07, 6.45) is 0.920. The molecule has 0 radical (unpaired) electrons. The lowest BCUT2D eigenvalue weighted by molar-refractivity contribution is 0.0949. The number of hydrogen-bond acceptors (Lipinski definition) is 5. The number of fused-ring (bicyclic) bond motifs is 1. The maximum absolute atomic E-state index is 13.0. The van der Waals surface area contributed by atoms with E-state index in [0.717, 1.165) is 55.7 Å². The zero-order valence-electron chi connectivity index (χ0n) is 19.5. The minimum absolute atomic E-state index is 0.0698. The normalized spacial score (nSPS) is 14.3. The van der Waals surface area contributed by atoms with Gasteiger partial charge >= 0.3 is 0 Å². The molecule has 1 fully saturated rings. The third-order valence-corrected chi connectivity index (χ3v) is 6.16. The van der Waals surface area contributed by atoms with Crippen LogP contribution in [0, 0.1) is 0 Å². The van der Waals surface area contributed by atoms with Gasteiger partial charge < -0.3 is 19.7 Å². The summed E-state index contributed by atoms with van der Waals surface area (Å²) in [6.45, 7) is 8.15. The Morgan fingerprint density at radius 2 is 1.73 bits per heavy atom. The van der Waals surface area contributed by atoms with E-state index in [1.165, 1.54) is 5.69 Å². The number of nitrogens with zero attached hydrogens (tertiary/aromatic N) is 2. The maximum Gasteiger partial charge on any atom is 0.255 e. The Hall–Kier alpha value is -3.25. The molecule has 3 aromatic carbocycles. The van der Waals surface area contributed by atoms with E-state index >= 15 is 0 Å². The molecule has 0 unspecified atom stereocenters. The average molecular weight is 448 g/mol. The van der Waals surface area contributed by atoms with E-state index < -0.39 is 0 Å². The Balaban J connectivity index is 1.26. The second kappa shape index (κ2) is 11.1. The molecule has 0 saturated carbocycles. The largest absolute Gasteiger partial charge is 0.497 e. The first-order chi connectivity index (χ1) is 16.2. The van der Waals surface area contributed by atoms with E-state index in [1.807, 2.05) is 55.5 Å². The van der Waals surface area contributed by atoms with Gasteiger partial charge in [-0.05, 0) is 61.0 Å². The summed E-state index contributed by atoms with van der Waals surface area (Å²) in [5, 5.41) is 5.08. The van der Waals surface area contributed by atoms with Crippen LogP contribution in [0.4, 0.5) is 5.69 Å². The predicted octanol–water partition coefficient (Wildman–Crippen LogP) is 4.19. The molecule has 6 heteroatoms. The fourth-order valence-electron chi connectivity index (χ4n) is 4.38. The third kappa shape index (κ3) is 5.57. The molecule has 0 spiro atoms. The number of hydrogen-bond donors (Lipinski definition) is 1. The van der Waals surface area contributed by atoms with Gasteiger partial charge in [0.25, 0.3) is 5.91 Å². The second-order valence-corrected chi connectivity index (χ2v) is 8.23. The average Bonchev–Trinajstić information content (AvgIpc) is 2.87. The summed E-state index contributed by atoms with van der Waals surface area (Å²) in [5.74, 6) is 1.46. The van der Waals surface area contributed by atoms with Gasteiger partial charge in [0, 0.05) is 38.4 Å². The summed E-state index contributed by atoms with van der Waals surface area (Å²) in [6, 6.07) is 20.1. The van der Waals surface area contributed by atoms with Crippen molar-refractivity contribution in [1.82, 2.24) is 10.2 Å². The molecule has 1 saturated heterocycles. The fourth-order valence-corrected chi connectivity index (χ4v) is 4.38. The summed E-state index contributed by atoms with van der Waals surface area (Å²) in [7, 11) is 1.69. The van der Waals surface area contributed by atoms with Crippen molar-refractivity contribution in [2.45, 2.75) is 13.3 Å². The van der Waals surface area contributed by atoms with Crippen molar-refractivity contribution >= 4 is 22.4 Å². The number of carbonyl (C=O) groups is 1. The zero-order valence-corrected chi connectivity index (χ0v) is 19.5. The highest BCUT2D eigenvalue weighted by Crippen LogP contribution is 2.28. The van der Waals surface area contributed by atoms with E-state index in [4.69, 9.17) is 9.47 Å². The third-order valence-electron chi connectivity index (χ3n) is 6.16. The molecular formula is C27H33N3O3. The van der Waals surface area contributed by atoms with Crippen molar-refractivity contribution in [3.8, 4) is 11.5 Å². The highest BCUT2D eigenvalue weighted by atomic mass is 16.5. The van der Waals surface area contributed by atoms with Crippen LogP contribution in [0.15, 0.2) is 60.7 Å². The van der Waals surface area contributed by atoms with Crippen molar-refractivity contribution in [2.75, 3.05) is 57.9 Å². The predicted molar refractivity (Wildman–Crippen MR) is 134 cm³/mol. The number of amides is 1. The number of piperazine rings is 1. The van der Waals surface area contributed by atoms with Gasteiger partial charge in [-0.15, -0.1) is 0 Å². The monoisotopic (exact) mass is 447 g/mol. The Labute approximate surface area is 196 Å². The van der Waals surface area contributed by atoms with Crippen LogP contribution in [-0.4, -0.2) is 63.8 Å². The van der Waals surface area contributed by atoms with Gasteiger partial charge in [0.1, 0.15) is 11.5 Å². The topological polar surface area (TPSA) is 54.0 Å². The van der Waals surface area contributed by atoms with Gasteiger partial charge in [0.2, 0.25) is 0 Å². The second-order valence-electron chi connectivity index (χ2n) is 8.23. The van der Waals surface area contributed by atoms with Crippen molar-refractivity contribution < 1.29 is 14.3 Å². The van der Waals surface area contributed by atoms with E-state index in [2.05, 4.69) is 27.2 Å². The van der Waals surface area contributed by atoms with E-state index in [-0.39, 0.29) is 5.91 Å². The number of carbonyl (C=O) groups excluding carboxylic acids is 1. The number of methoxy groups -OCH3 is 1. The summed E-state index contributed by atoms with van der Waals surface area (Å²) in [4.78, 5) is 17.9. The number of benzene rings is 3. The fraction of sp³-hybridized carbons (Fsp3) is 0.370. The molecule has 1 heterocycles. The van der Waals surface area contributed by atoms with E-state index in [9.17, 15) is 4.79 Å². The number of rotatable bonds is 9. The van der Waals surface area contributed by atoms with Crippen LogP contribution in [0.5, 0.6) is 11.5 Å². The minimum atomic E-state index is -0.0698. The first-order valence-corrected chi connectivity index (χ1v) is 11.7. The van der Waals surface area contributed by atoms with Crippen LogP contribution < -0.4 is 19.7 Å². The van der Waals surface area contributed by atoms with Gasteiger partial charge in [-0.1, -0.05) is 30.3 Å². The van der Waals surface area contributed by atoms with Gasteiger partial charge in [-0.3, -0.25) is 9.69 Å². The lowest BCUT2D eigenvalue weighted by Gasteiger charge is -2.36. The lowest BCUT2D eigenvalue weighted by Crippen LogP contribution is -2.47. The molecule has 3 aromatic rings. The van der Waals surface area contributed by atoms with Gasteiger partial charge in [-0.2, -0.15) is 0 Å². The Morgan fingerprint density at radius 1 is 0.970 bits per heavy atom. The maximum atomic E-state index is 13.0. The molecule has 4 rings (SSSR count). The standard InChI is InChI=1S/C27H33N3O3/c1-3-33-25-14-9-21-7-4-5-8-24(21)26(25)27(31)28-15-6-16-29-17-19-30(20-18-29)22-10-12-23(32-2)13-11-22/h4-5,7-14H,3,6,15-20H2,1-2H3,(H,28,31). The molecule has 0 aliphatic carbocycles. The molecule has 1 amide bonds.